The molecule has 0 aliphatic carbocycles. The Balaban J connectivity index is 2.40. The van der Waals surface area contributed by atoms with Crippen LogP contribution in [0.1, 0.15) is 15.9 Å². The largest absolute Gasteiger partial charge is 0.478 e. The van der Waals surface area contributed by atoms with Gasteiger partial charge in [0.05, 0.1) is 16.1 Å². The van der Waals surface area contributed by atoms with E-state index in [9.17, 15) is 18.0 Å². The van der Waals surface area contributed by atoms with Gasteiger partial charge in [0.15, 0.2) is 0 Å². The predicted octanol–water partition coefficient (Wildman–Crippen LogP) is 4.60. The first-order valence-corrected chi connectivity index (χ1v) is 6.71. The third-order valence-electron chi connectivity index (χ3n) is 2.46. The number of halogens is 4. The summed E-state index contributed by atoms with van der Waals surface area (Å²) >= 11 is 6.44. The van der Waals surface area contributed by atoms with Crippen LogP contribution in [0.3, 0.4) is 0 Å². The molecule has 1 aromatic heterocycles. The van der Waals surface area contributed by atoms with Gasteiger partial charge in [-0.1, -0.05) is 23.4 Å². The number of alkyl halides is 3. The zero-order valence-corrected chi connectivity index (χ0v) is 11.8. The summed E-state index contributed by atoms with van der Waals surface area (Å²) in [6.07, 6.45) is -3.29. The first-order chi connectivity index (χ1) is 9.79. The molecular weight excluding hydrogens is 327 g/mol. The van der Waals surface area contributed by atoms with Crippen molar-refractivity contribution in [2.45, 2.75) is 16.1 Å². The molecule has 0 bridgehead atoms. The lowest BCUT2D eigenvalue weighted by atomic mass is 10.2. The van der Waals surface area contributed by atoms with E-state index in [4.69, 9.17) is 16.7 Å². The van der Waals surface area contributed by atoms with Crippen molar-refractivity contribution >= 4 is 29.3 Å². The first-order valence-electron chi connectivity index (χ1n) is 5.52. The molecule has 2 aromatic rings. The number of hydrogen-bond acceptors (Lipinski definition) is 3. The summed E-state index contributed by atoms with van der Waals surface area (Å²) < 4.78 is 38.6. The quantitative estimate of drug-likeness (QED) is 0.891. The van der Waals surface area contributed by atoms with Crippen molar-refractivity contribution in [2.75, 3.05) is 0 Å². The average molecular weight is 334 g/mol. The molecule has 0 amide bonds. The summed E-state index contributed by atoms with van der Waals surface area (Å²) in [6.45, 7) is 0. The molecular formula is C13H7ClF3NO2S. The lowest BCUT2D eigenvalue weighted by Crippen LogP contribution is -2.07. The lowest BCUT2D eigenvalue weighted by Gasteiger charge is -2.11. The van der Waals surface area contributed by atoms with Gasteiger partial charge >= 0.3 is 12.1 Å². The number of rotatable bonds is 3. The van der Waals surface area contributed by atoms with Crippen LogP contribution in [0.4, 0.5) is 13.2 Å². The van der Waals surface area contributed by atoms with Crippen molar-refractivity contribution < 1.29 is 23.1 Å². The molecule has 0 radical (unpaired) electrons. The highest BCUT2D eigenvalue weighted by Gasteiger charge is 2.34. The number of carboxylic acids is 1. The SMILES string of the molecule is O=C(O)c1cc(Sc2ncccc2C(F)(F)F)ccc1Cl. The van der Waals surface area contributed by atoms with Crippen molar-refractivity contribution in [2.24, 2.45) is 0 Å². The van der Waals surface area contributed by atoms with Crippen LogP contribution in [0.25, 0.3) is 0 Å². The number of benzene rings is 1. The van der Waals surface area contributed by atoms with E-state index < -0.39 is 17.7 Å². The molecule has 2 rings (SSSR count). The standard InChI is InChI=1S/C13H7ClF3NO2S/c14-10-4-3-7(6-8(10)12(19)20)21-11-9(13(15,16)17)2-1-5-18-11/h1-6H,(H,19,20). The monoisotopic (exact) mass is 333 g/mol. The highest BCUT2D eigenvalue weighted by molar-refractivity contribution is 7.99. The van der Waals surface area contributed by atoms with E-state index in [1.165, 1.54) is 30.5 Å². The molecule has 0 unspecified atom stereocenters. The minimum Gasteiger partial charge on any atom is -0.478 e. The Morgan fingerprint density at radius 3 is 2.62 bits per heavy atom. The first kappa shape index (κ1) is 15.7. The minimum absolute atomic E-state index is 0.0175. The fourth-order valence-corrected chi connectivity index (χ4v) is 2.67. The highest BCUT2D eigenvalue weighted by atomic mass is 35.5. The summed E-state index contributed by atoms with van der Waals surface area (Å²) in [5, 5.41) is 8.72. The van der Waals surface area contributed by atoms with E-state index in [-0.39, 0.29) is 15.6 Å². The lowest BCUT2D eigenvalue weighted by molar-refractivity contribution is -0.140. The number of hydrogen-bond donors (Lipinski definition) is 1. The summed E-state index contributed by atoms with van der Waals surface area (Å²) in [5.41, 5.74) is -1.05. The Labute approximate surface area is 126 Å². The van der Waals surface area contributed by atoms with Crippen molar-refractivity contribution in [3.05, 3.63) is 52.7 Å². The number of nitrogens with zero attached hydrogens (tertiary/aromatic N) is 1. The Hall–Kier alpha value is -1.73. The maximum absolute atomic E-state index is 12.9. The Morgan fingerprint density at radius 1 is 1.29 bits per heavy atom. The number of carbonyl (C=O) groups is 1. The van der Waals surface area contributed by atoms with E-state index >= 15 is 0 Å². The topological polar surface area (TPSA) is 50.2 Å². The Morgan fingerprint density at radius 2 is 2.00 bits per heavy atom. The van der Waals surface area contributed by atoms with Gasteiger partial charge in [0, 0.05) is 11.1 Å². The molecule has 0 fully saturated rings. The Kier molecular flexibility index (Phi) is 4.43. The summed E-state index contributed by atoms with van der Waals surface area (Å²) in [6, 6.07) is 6.09. The van der Waals surface area contributed by atoms with E-state index in [1.807, 2.05) is 0 Å². The van der Waals surface area contributed by atoms with Crippen LogP contribution in [0, 0.1) is 0 Å². The smallest absolute Gasteiger partial charge is 0.419 e. The molecule has 0 aliphatic rings. The molecule has 0 spiro atoms. The Bertz CT molecular complexity index is 691. The summed E-state index contributed by atoms with van der Waals surface area (Å²) in [5.74, 6) is -1.25. The highest BCUT2D eigenvalue weighted by Crippen LogP contribution is 2.38. The summed E-state index contributed by atoms with van der Waals surface area (Å²) in [4.78, 5) is 15.0. The summed E-state index contributed by atoms with van der Waals surface area (Å²) in [7, 11) is 0. The van der Waals surface area contributed by atoms with E-state index in [2.05, 4.69) is 4.98 Å². The normalized spacial score (nSPS) is 11.4. The second kappa shape index (κ2) is 5.95. The van der Waals surface area contributed by atoms with Crippen molar-refractivity contribution in [1.82, 2.24) is 4.98 Å². The fourth-order valence-electron chi connectivity index (χ4n) is 1.53. The van der Waals surface area contributed by atoms with Crippen molar-refractivity contribution in [3.8, 4) is 0 Å². The molecule has 110 valence electrons. The molecule has 0 atom stereocenters. The van der Waals surface area contributed by atoms with E-state index in [0.29, 0.717) is 4.90 Å². The third-order valence-corrected chi connectivity index (χ3v) is 3.80. The molecule has 3 nitrogen and oxygen atoms in total. The van der Waals surface area contributed by atoms with Crippen LogP contribution in [0.15, 0.2) is 46.5 Å². The van der Waals surface area contributed by atoms with Crippen LogP contribution >= 0.6 is 23.4 Å². The maximum atomic E-state index is 12.9. The molecule has 8 heteroatoms. The van der Waals surface area contributed by atoms with Gasteiger partial charge in [-0.15, -0.1) is 0 Å². The second-order valence-corrected chi connectivity index (χ2v) is 5.37. The van der Waals surface area contributed by atoms with Gasteiger partial charge in [-0.25, -0.2) is 9.78 Å². The average Bonchev–Trinajstić information content (AvgIpc) is 2.40. The van der Waals surface area contributed by atoms with Crippen LogP contribution < -0.4 is 0 Å². The van der Waals surface area contributed by atoms with Crippen molar-refractivity contribution in [1.29, 1.82) is 0 Å². The van der Waals surface area contributed by atoms with Crippen LogP contribution in [0.5, 0.6) is 0 Å². The molecule has 1 aromatic carbocycles. The molecule has 21 heavy (non-hydrogen) atoms. The molecule has 0 saturated heterocycles. The zero-order chi connectivity index (χ0) is 15.6. The van der Waals surface area contributed by atoms with Crippen LogP contribution in [0.2, 0.25) is 5.02 Å². The second-order valence-electron chi connectivity index (χ2n) is 3.90. The van der Waals surface area contributed by atoms with Gasteiger partial charge in [0.2, 0.25) is 0 Å². The number of carboxylic acid groups (broad SMARTS) is 1. The van der Waals surface area contributed by atoms with Crippen LogP contribution in [-0.2, 0) is 6.18 Å². The van der Waals surface area contributed by atoms with Gasteiger partial charge < -0.3 is 5.11 Å². The van der Waals surface area contributed by atoms with Gasteiger partial charge in [-0.3, -0.25) is 0 Å². The zero-order valence-electron chi connectivity index (χ0n) is 10.2. The molecule has 1 heterocycles. The molecule has 0 aliphatic heterocycles. The van der Waals surface area contributed by atoms with Crippen molar-refractivity contribution in [3.63, 3.8) is 0 Å². The van der Waals surface area contributed by atoms with Gasteiger partial charge in [0.25, 0.3) is 0 Å². The van der Waals surface area contributed by atoms with Gasteiger partial charge in [-0.05, 0) is 30.3 Å². The molecule has 0 saturated carbocycles. The number of aromatic carboxylic acids is 1. The third kappa shape index (κ3) is 3.68. The number of pyridine rings is 1. The number of aromatic nitrogens is 1. The maximum Gasteiger partial charge on any atom is 0.419 e. The fraction of sp³-hybridized carbons (Fsp3) is 0.0769. The minimum atomic E-state index is -4.53. The van der Waals surface area contributed by atoms with Gasteiger partial charge in [-0.2, -0.15) is 13.2 Å². The molecule has 1 N–H and O–H groups in total. The van der Waals surface area contributed by atoms with Crippen LogP contribution in [-0.4, -0.2) is 16.1 Å². The van der Waals surface area contributed by atoms with E-state index in [1.54, 1.807) is 0 Å². The predicted molar refractivity (Wildman–Crippen MR) is 71.8 cm³/mol. The van der Waals surface area contributed by atoms with E-state index in [0.717, 1.165) is 17.8 Å². The van der Waals surface area contributed by atoms with Gasteiger partial charge in [0.1, 0.15) is 5.03 Å².